The van der Waals surface area contributed by atoms with E-state index in [1.54, 1.807) is 0 Å². The van der Waals surface area contributed by atoms with Crippen LogP contribution in [0.25, 0.3) is 0 Å². The summed E-state index contributed by atoms with van der Waals surface area (Å²) >= 11 is 0. The zero-order chi connectivity index (χ0) is 23.6. The molecule has 5 heteroatoms. The van der Waals surface area contributed by atoms with Gasteiger partial charge < -0.3 is 15.2 Å². The Balaban J connectivity index is 1.50. The van der Waals surface area contributed by atoms with Gasteiger partial charge in [0.25, 0.3) is 0 Å². The van der Waals surface area contributed by atoms with E-state index in [4.69, 9.17) is 4.74 Å². The number of nitrogens with one attached hydrogen (secondary N) is 1. The van der Waals surface area contributed by atoms with E-state index in [1.807, 2.05) is 37.3 Å². The molecule has 10 unspecified atom stereocenters. The maximum Gasteiger partial charge on any atom is 0.232 e. The maximum atomic E-state index is 14.2. The molecular weight excluding hydrogens is 426 g/mol. The van der Waals surface area contributed by atoms with E-state index in [9.17, 15) is 14.7 Å². The predicted molar refractivity (Wildman–Crippen MR) is 129 cm³/mol. The summed E-state index contributed by atoms with van der Waals surface area (Å²) in [5.74, 6) is 1.15. The number of hydrogen-bond acceptors (Lipinski definition) is 4. The standard InChI is InChI=1S/C29H35NO4/c1-3-4-18-8-12-20-22-13-16(2)5-11-21(22)27-25(20)24(18)26(31)23-15-29(33,30-28(23)32)14-17-6-9-19(34-27)10-7-17/h3-4,6-10,12,16,18,20-25,27,33H,5,11,13-15H2,1-2H3,(H,30,32). The largest absolute Gasteiger partial charge is 0.490 e. The molecule has 3 heterocycles. The molecule has 1 aromatic rings. The zero-order valence-electron chi connectivity index (χ0n) is 20.0. The molecule has 4 bridgehead atoms. The molecule has 5 nitrogen and oxygen atoms in total. The number of carbonyl (C=O) groups excluding carboxylic acids is 2. The highest BCUT2D eigenvalue weighted by Gasteiger charge is 2.60. The predicted octanol–water partition coefficient (Wildman–Crippen LogP) is 4.06. The first-order valence-electron chi connectivity index (χ1n) is 13.0. The SMILES string of the molecule is CC=CC1C=CC2C3CC(C)CCC3C3Oc4ccc(cc4)CC4(O)CC(C(=O)N4)C(=O)C1C23. The molecule has 10 atom stereocenters. The van der Waals surface area contributed by atoms with E-state index in [0.717, 1.165) is 24.2 Å². The van der Waals surface area contributed by atoms with Crippen LogP contribution in [0.5, 0.6) is 5.75 Å². The van der Waals surface area contributed by atoms with Gasteiger partial charge in [-0.25, -0.2) is 0 Å². The minimum atomic E-state index is -1.40. The summed E-state index contributed by atoms with van der Waals surface area (Å²) in [4.78, 5) is 27.3. The van der Waals surface area contributed by atoms with Crippen molar-refractivity contribution in [2.75, 3.05) is 0 Å². The van der Waals surface area contributed by atoms with E-state index in [0.29, 0.717) is 17.8 Å². The van der Waals surface area contributed by atoms with Crippen molar-refractivity contribution in [3.63, 3.8) is 0 Å². The van der Waals surface area contributed by atoms with Crippen molar-refractivity contribution in [2.24, 2.45) is 47.3 Å². The van der Waals surface area contributed by atoms with Crippen LogP contribution in [0, 0.1) is 47.3 Å². The third kappa shape index (κ3) is 3.46. The minimum Gasteiger partial charge on any atom is -0.490 e. The van der Waals surface area contributed by atoms with Gasteiger partial charge in [-0.15, -0.1) is 0 Å². The molecule has 0 radical (unpaired) electrons. The number of carbonyl (C=O) groups is 2. The van der Waals surface area contributed by atoms with E-state index in [-0.39, 0.29) is 54.3 Å². The number of ether oxygens (including phenoxy) is 1. The quantitative estimate of drug-likeness (QED) is 0.489. The fourth-order valence-electron chi connectivity index (χ4n) is 7.94. The van der Waals surface area contributed by atoms with E-state index >= 15 is 0 Å². The van der Waals surface area contributed by atoms with Gasteiger partial charge in [-0.2, -0.15) is 0 Å². The first-order valence-corrected chi connectivity index (χ1v) is 13.0. The van der Waals surface area contributed by atoms with Gasteiger partial charge in [0.15, 0.2) is 0 Å². The summed E-state index contributed by atoms with van der Waals surface area (Å²) < 4.78 is 6.78. The molecular formula is C29H35NO4. The number of fused-ring (bicyclic) bond motifs is 4. The van der Waals surface area contributed by atoms with Crippen molar-refractivity contribution in [3.8, 4) is 5.75 Å². The van der Waals surface area contributed by atoms with Crippen LogP contribution in [0.1, 0.15) is 45.1 Å². The van der Waals surface area contributed by atoms with Crippen LogP contribution < -0.4 is 10.1 Å². The maximum absolute atomic E-state index is 14.2. The first kappa shape index (κ1) is 22.1. The number of allylic oxidation sites excluding steroid dienone is 4. The molecule has 7 rings (SSSR count). The van der Waals surface area contributed by atoms with Crippen molar-refractivity contribution in [2.45, 2.75) is 57.8 Å². The number of rotatable bonds is 1. The molecule has 1 saturated heterocycles. The Kier molecular flexibility index (Phi) is 5.25. The Hall–Kier alpha value is -2.40. The van der Waals surface area contributed by atoms with E-state index in [1.165, 1.54) is 6.42 Å². The normalized spacial score (nSPS) is 45.1. The molecule has 3 aliphatic heterocycles. The lowest BCUT2D eigenvalue weighted by Crippen LogP contribution is -2.45. The molecule has 180 valence electrons. The van der Waals surface area contributed by atoms with Crippen molar-refractivity contribution >= 4 is 11.7 Å². The number of aliphatic hydroxyl groups is 1. The lowest BCUT2D eigenvalue weighted by molar-refractivity contribution is -0.137. The summed E-state index contributed by atoms with van der Waals surface area (Å²) in [5, 5.41) is 14.0. The van der Waals surface area contributed by atoms with Crippen LogP contribution in [0.3, 0.4) is 0 Å². The second-order valence-corrected chi connectivity index (χ2v) is 11.5. The van der Waals surface area contributed by atoms with Gasteiger partial charge >= 0.3 is 0 Å². The highest BCUT2D eigenvalue weighted by atomic mass is 16.5. The van der Waals surface area contributed by atoms with Crippen molar-refractivity contribution in [1.29, 1.82) is 0 Å². The first-order chi connectivity index (χ1) is 16.4. The van der Waals surface area contributed by atoms with Crippen LogP contribution in [-0.2, 0) is 16.0 Å². The van der Waals surface area contributed by atoms with E-state index < -0.39 is 11.6 Å². The Morgan fingerprint density at radius 1 is 1.12 bits per heavy atom. The molecule has 3 aliphatic carbocycles. The van der Waals surface area contributed by atoms with Crippen LogP contribution in [0.4, 0.5) is 0 Å². The fourth-order valence-corrected chi connectivity index (χ4v) is 7.94. The summed E-state index contributed by atoms with van der Waals surface area (Å²) in [5.41, 5.74) is -0.478. The Labute approximate surface area is 201 Å². The lowest BCUT2D eigenvalue weighted by Gasteiger charge is -2.39. The van der Waals surface area contributed by atoms with Gasteiger partial charge in [0.1, 0.15) is 29.3 Å². The number of Topliss-reactive ketones (excluding diaryl/α,β-unsaturated/α-hetero) is 1. The molecule has 0 spiro atoms. The molecule has 2 N–H and O–H groups in total. The van der Waals surface area contributed by atoms with Gasteiger partial charge in [0.2, 0.25) is 5.91 Å². The Morgan fingerprint density at radius 3 is 2.68 bits per heavy atom. The topological polar surface area (TPSA) is 75.6 Å². The molecule has 6 aliphatic rings. The zero-order valence-corrected chi connectivity index (χ0v) is 20.0. The second kappa shape index (κ2) is 8.08. The van der Waals surface area contributed by atoms with Crippen molar-refractivity contribution < 1.29 is 19.4 Å². The minimum absolute atomic E-state index is 0.0286. The van der Waals surface area contributed by atoms with Crippen LogP contribution in [0.15, 0.2) is 48.6 Å². The number of benzene rings is 1. The molecule has 1 aromatic carbocycles. The number of ketones is 1. The van der Waals surface area contributed by atoms with Gasteiger partial charge in [0, 0.05) is 30.6 Å². The monoisotopic (exact) mass is 461 g/mol. The lowest BCUT2D eigenvalue weighted by atomic mass is 9.65. The van der Waals surface area contributed by atoms with Crippen LogP contribution in [0.2, 0.25) is 0 Å². The van der Waals surface area contributed by atoms with Crippen molar-refractivity contribution in [1.82, 2.24) is 5.32 Å². The Morgan fingerprint density at radius 2 is 1.91 bits per heavy atom. The highest BCUT2D eigenvalue weighted by Crippen LogP contribution is 2.58. The summed E-state index contributed by atoms with van der Waals surface area (Å²) in [7, 11) is 0. The third-order valence-electron chi connectivity index (χ3n) is 9.34. The van der Waals surface area contributed by atoms with Crippen LogP contribution in [-0.4, -0.2) is 28.6 Å². The molecule has 3 fully saturated rings. The molecule has 0 aromatic heterocycles. The molecule has 34 heavy (non-hydrogen) atoms. The van der Waals surface area contributed by atoms with Gasteiger partial charge in [-0.1, -0.05) is 49.8 Å². The number of amides is 1. The average Bonchev–Trinajstić information content (AvgIpc) is 3.27. The highest BCUT2D eigenvalue weighted by molar-refractivity contribution is 6.04. The summed E-state index contributed by atoms with van der Waals surface area (Å²) in [6.07, 6.45) is 12.5. The Bertz CT molecular complexity index is 1040. The molecule has 2 saturated carbocycles. The average molecular weight is 462 g/mol. The third-order valence-corrected chi connectivity index (χ3v) is 9.34. The van der Waals surface area contributed by atoms with Gasteiger partial charge in [-0.05, 0) is 61.1 Å². The second-order valence-electron chi connectivity index (χ2n) is 11.5. The smallest absolute Gasteiger partial charge is 0.232 e. The number of hydrogen-bond donors (Lipinski definition) is 2. The van der Waals surface area contributed by atoms with Gasteiger partial charge in [0.05, 0.1) is 0 Å². The van der Waals surface area contributed by atoms with E-state index in [2.05, 4.69) is 30.5 Å². The fraction of sp³-hybridized carbons (Fsp3) is 0.586. The van der Waals surface area contributed by atoms with Crippen molar-refractivity contribution in [3.05, 3.63) is 54.1 Å². The molecule has 1 amide bonds. The summed E-state index contributed by atoms with van der Waals surface area (Å²) in [6, 6.07) is 7.91. The van der Waals surface area contributed by atoms with Crippen LogP contribution >= 0.6 is 0 Å². The van der Waals surface area contributed by atoms with Gasteiger partial charge in [-0.3, -0.25) is 9.59 Å². The summed E-state index contributed by atoms with van der Waals surface area (Å²) in [6.45, 7) is 4.32.